The second-order valence-corrected chi connectivity index (χ2v) is 6.12. The van der Waals surface area contributed by atoms with Crippen LogP contribution in [0.3, 0.4) is 0 Å². The third kappa shape index (κ3) is 2.61. The van der Waals surface area contributed by atoms with Crippen LogP contribution in [0.1, 0.15) is 25.5 Å². The predicted octanol–water partition coefficient (Wildman–Crippen LogP) is 1.85. The van der Waals surface area contributed by atoms with Gasteiger partial charge in [0.25, 0.3) is 0 Å². The first kappa shape index (κ1) is 14.0. The highest BCUT2D eigenvalue weighted by atomic mass is 32.1. The maximum atomic E-state index is 6.47. The summed E-state index contributed by atoms with van der Waals surface area (Å²) in [6.07, 6.45) is 6.56. The predicted molar refractivity (Wildman–Crippen MR) is 79.2 cm³/mol. The summed E-state index contributed by atoms with van der Waals surface area (Å²) in [5.74, 6) is 0. The number of nitrogens with zero attached hydrogens (tertiary/aromatic N) is 2. The van der Waals surface area contributed by atoms with Crippen molar-refractivity contribution in [1.82, 2.24) is 9.38 Å². The maximum Gasteiger partial charge on any atom is 0.193 e. The fourth-order valence-corrected chi connectivity index (χ4v) is 3.63. The van der Waals surface area contributed by atoms with Gasteiger partial charge < -0.3 is 15.2 Å². The van der Waals surface area contributed by atoms with Gasteiger partial charge in [-0.3, -0.25) is 4.40 Å². The molecule has 2 aromatic heterocycles. The van der Waals surface area contributed by atoms with Gasteiger partial charge in [0.05, 0.1) is 11.3 Å². The lowest BCUT2D eigenvalue weighted by Gasteiger charge is -2.41. The van der Waals surface area contributed by atoms with Crippen molar-refractivity contribution in [3.8, 4) is 0 Å². The smallest absolute Gasteiger partial charge is 0.193 e. The Morgan fingerprint density at radius 1 is 1.55 bits per heavy atom. The summed E-state index contributed by atoms with van der Waals surface area (Å²) in [7, 11) is 0. The van der Waals surface area contributed by atoms with E-state index in [9.17, 15) is 0 Å². The van der Waals surface area contributed by atoms with Crippen LogP contribution in [0.15, 0.2) is 17.8 Å². The van der Waals surface area contributed by atoms with Gasteiger partial charge in [-0.2, -0.15) is 0 Å². The third-order valence-electron chi connectivity index (χ3n) is 4.02. The summed E-state index contributed by atoms with van der Waals surface area (Å²) < 4.78 is 13.5. The summed E-state index contributed by atoms with van der Waals surface area (Å²) in [5, 5.41) is 2.03. The lowest BCUT2D eigenvalue weighted by molar-refractivity contribution is -0.120. The van der Waals surface area contributed by atoms with Crippen molar-refractivity contribution in [2.45, 2.75) is 37.8 Å². The highest BCUT2D eigenvalue weighted by Crippen LogP contribution is 2.29. The molecule has 1 aliphatic rings. The minimum atomic E-state index is -0.260. The first-order valence-electron chi connectivity index (χ1n) is 7.12. The quantitative estimate of drug-likeness (QED) is 0.914. The molecule has 3 heterocycles. The van der Waals surface area contributed by atoms with Crippen molar-refractivity contribution in [2.24, 2.45) is 5.73 Å². The summed E-state index contributed by atoms with van der Waals surface area (Å²) in [6, 6.07) is -0.0454. The van der Waals surface area contributed by atoms with Crippen molar-refractivity contribution in [3.05, 3.63) is 23.5 Å². The number of fused-ring (bicyclic) bond motifs is 1. The molecule has 3 rings (SSSR count). The van der Waals surface area contributed by atoms with Crippen molar-refractivity contribution in [2.75, 3.05) is 19.8 Å². The molecule has 0 saturated carbocycles. The average Bonchev–Trinajstić information content (AvgIpc) is 3.01. The molecule has 0 aliphatic carbocycles. The molecule has 2 aromatic rings. The summed E-state index contributed by atoms with van der Waals surface area (Å²) in [6.45, 7) is 4.17. The minimum Gasteiger partial charge on any atom is -0.381 e. The van der Waals surface area contributed by atoms with Gasteiger partial charge in [-0.15, -0.1) is 11.3 Å². The number of rotatable bonds is 5. The molecular formula is C14H21N3O2S. The van der Waals surface area contributed by atoms with Crippen molar-refractivity contribution in [3.63, 3.8) is 0 Å². The molecule has 110 valence electrons. The van der Waals surface area contributed by atoms with E-state index in [0.717, 1.165) is 43.1 Å². The number of thiazole rings is 1. The zero-order valence-electron chi connectivity index (χ0n) is 11.7. The largest absolute Gasteiger partial charge is 0.381 e. The lowest BCUT2D eigenvalue weighted by Crippen LogP contribution is -2.54. The third-order valence-corrected chi connectivity index (χ3v) is 4.79. The Kier molecular flexibility index (Phi) is 4.07. The molecule has 2 N–H and O–H groups in total. The standard InChI is InChI=1S/C14H21N3O2S/c1-2-19-14(3-6-18-7-4-14)12(15)9-11-10-17-5-8-20-13(17)16-11/h5,8,10,12H,2-4,6-7,9,15H2,1H3. The summed E-state index contributed by atoms with van der Waals surface area (Å²) in [4.78, 5) is 5.63. The van der Waals surface area contributed by atoms with Gasteiger partial charge in [0, 0.05) is 62.9 Å². The minimum absolute atomic E-state index is 0.0454. The Balaban J connectivity index is 1.75. The number of imidazole rings is 1. The van der Waals surface area contributed by atoms with Crippen molar-refractivity contribution >= 4 is 16.3 Å². The zero-order chi connectivity index (χ0) is 14.0. The van der Waals surface area contributed by atoms with Gasteiger partial charge in [-0.25, -0.2) is 4.98 Å². The average molecular weight is 295 g/mol. The molecule has 1 fully saturated rings. The van der Waals surface area contributed by atoms with E-state index in [0.29, 0.717) is 6.61 Å². The van der Waals surface area contributed by atoms with E-state index in [2.05, 4.69) is 11.2 Å². The monoisotopic (exact) mass is 295 g/mol. The van der Waals surface area contributed by atoms with Crippen LogP contribution >= 0.6 is 11.3 Å². The van der Waals surface area contributed by atoms with E-state index < -0.39 is 0 Å². The summed E-state index contributed by atoms with van der Waals surface area (Å²) >= 11 is 1.64. The van der Waals surface area contributed by atoms with Gasteiger partial charge in [0.1, 0.15) is 0 Å². The molecule has 0 spiro atoms. The topological polar surface area (TPSA) is 61.8 Å². The lowest BCUT2D eigenvalue weighted by atomic mass is 9.84. The van der Waals surface area contributed by atoms with E-state index in [1.165, 1.54) is 0 Å². The molecule has 6 heteroatoms. The van der Waals surface area contributed by atoms with Gasteiger partial charge in [0.2, 0.25) is 0 Å². The van der Waals surface area contributed by atoms with Crippen LogP contribution < -0.4 is 5.73 Å². The maximum absolute atomic E-state index is 6.47. The van der Waals surface area contributed by atoms with Crippen LogP contribution in [0, 0.1) is 0 Å². The number of hydrogen-bond donors (Lipinski definition) is 1. The van der Waals surface area contributed by atoms with Gasteiger partial charge in [-0.1, -0.05) is 0 Å². The van der Waals surface area contributed by atoms with E-state index in [1.807, 2.05) is 22.9 Å². The first-order chi connectivity index (χ1) is 9.73. The van der Waals surface area contributed by atoms with Crippen LogP contribution in [0.2, 0.25) is 0 Å². The molecule has 1 atom stereocenters. The number of ether oxygens (including phenoxy) is 2. The Hall–Kier alpha value is -0.950. The number of aromatic nitrogens is 2. The van der Waals surface area contributed by atoms with Gasteiger partial charge in [-0.05, 0) is 6.92 Å². The Morgan fingerprint density at radius 2 is 2.35 bits per heavy atom. The summed E-state index contributed by atoms with van der Waals surface area (Å²) in [5.41, 5.74) is 7.24. The van der Waals surface area contributed by atoms with Crippen molar-refractivity contribution in [1.29, 1.82) is 0 Å². The first-order valence-corrected chi connectivity index (χ1v) is 8.00. The van der Waals surface area contributed by atoms with E-state index >= 15 is 0 Å². The van der Waals surface area contributed by atoms with Crippen LogP contribution in [-0.2, 0) is 15.9 Å². The van der Waals surface area contributed by atoms with Crippen LogP contribution in [0.5, 0.6) is 0 Å². The normalized spacial score (nSPS) is 20.3. The SMILES string of the molecule is CCOC1(C(N)Cc2cn3ccsc3n2)CCOCC1. The highest BCUT2D eigenvalue weighted by Gasteiger charge is 2.39. The molecule has 20 heavy (non-hydrogen) atoms. The van der Waals surface area contributed by atoms with Crippen LogP contribution in [0.4, 0.5) is 0 Å². The fourth-order valence-electron chi connectivity index (χ4n) is 2.91. The van der Waals surface area contributed by atoms with Gasteiger partial charge >= 0.3 is 0 Å². The molecule has 0 radical (unpaired) electrons. The number of nitrogens with two attached hydrogens (primary N) is 1. The highest BCUT2D eigenvalue weighted by molar-refractivity contribution is 7.15. The molecule has 5 nitrogen and oxygen atoms in total. The molecular weight excluding hydrogens is 274 g/mol. The van der Waals surface area contributed by atoms with Gasteiger partial charge in [0.15, 0.2) is 4.96 Å². The zero-order valence-corrected chi connectivity index (χ0v) is 12.6. The Bertz CT molecular complexity index is 526. The van der Waals surface area contributed by atoms with E-state index in [4.69, 9.17) is 15.2 Å². The fraction of sp³-hybridized carbons (Fsp3) is 0.643. The molecule has 1 unspecified atom stereocenters. The molecule has 0 amide bonds. The van der Waals surface area contributed by atoms with E-state index in [-0.39, 0.29) is 11.6 Å². The second-order valence-electron chi connectivity index (χ2n) is 5.25. The molecule has 1 aliphatic heterocycles. The Morgan fingerprint density at radius 3 is 3.05 bits per heavy atom. The Labute approximate surface area is 122 Å². The van der Waals surface area contributed by atoms with Crippen LogP contribution in [-0.4, -0.2) is 40.8 Å². The number of hydrogen-bond acceptors (Lipinski definition) is 5. The second kappa shape index (κ2) is 5.81. The van der Waals surface area contributed by atoms with Crippen molar-refractivity contribution < 1.29 is 9.47 Å². The van der Waals surface area contributed by atoms with Crippen LogP contribution in [0.25, 0.3) is 4.96 Å². The molecule has 1 saturated heterocycles. The molecule has 0 aromatic carbocycles. The van der Waals surface area contributed by atoms with E-state index in [1.54, 1.807) is 11.3 Å². The molecule has 0 bridgehead atoms.